The van der Waals surface area contributed by atoms with Crippen LogP contribution in [0.4, 0.5) is 5.69 Å². The lowest BCUT2D eigenvalue weighted by Crippen LogP contribution is -2.05. The minimum absolute atomic E-state index is 0.0783. The molecule has 0 aliphatic carbocycles. The van der Waals surface area contributed by atoms with Gasteiger partial charge in [-0.2, -0.15) is 5.10 Å². The number of rotatable bonds is 5. The first-order chi connectivity index (χ1) is 8.72. The average molecular weight is 246 g/mol. The van der Waals surface area contributed by atoms with Crippen LogP contribution in [0.5, 0.6) is 0 Å². The summed E-state index contributed by atoms with van der Waals surface area (Å²) in [7, 11) is 1.88. The summed E-state index contributed by atoms with van der Waals surface area (Å²) in [5, 5.41) is 21.1. The second-order valence-corrected chi connectivity index (χ2v) is 3.92. The van der Waals surface area contributed by atoms with Gasteiger partial charge in [0, 0.05) is 6.07 Å². The van der Waals surface area contributed by atoms with E-state index in [1.54, 1.807) is 6.07 Å². The average Bonchev–Trinajstić information content (AvgIpc) is 2.81. The molecular formula is C12H14N4O2. The van der Waals surface area contributed by atoms with Crippen molar-refractivity contribution in [3.8, 4) is 0 Å². The summed E-state index contributed by atoms with van der Waals surface area (Å²) in [6.07, 6.45) is 6.22. The lowest BCUT2D eigenvalue weighted by atomic mass is 10.1. The highest BCUT2D eigenvalue weighted by atomic mass is 16.6. The van der Waals surface area contributed by atoms with Crippen LogP contribution in [0.3, 0.4) is 0 Å². The fourth-order valence-electron chi connectivity index (χ4n) is 1.75. The van der Waals surface area contributed by atoms with E-state index in [4.69, 9.17) is 0 Å². The topological polar surface area (TPSA) is 83.8 Å². The maximum absolute atomic E-state index is 11.0. The predicted molar refractivity (Wildman–Crippen MR) is 70.3 cm³/mol. The van der Waals surface area contributed by atoms with Crippen molar-refractivity contribution in [1.29, 1.82) is 0 Å². The molecule has 0 saturated heterocycles. The number of aromatic nitrogens is 2. The number of nitrogens with zero attached hydrogens (tertiary/aromatic N) is 2. The Bertz CT molecular complexity index is 589. The van der Waals surface area contributed by atoms with Crippen molar-refractivity contribution in [3.63, 3.8) is 0 Å². The van der Waals surface area contributed by atoms with Crippen molar-refractivity contribution < 1.29 is 4.92 Å². The third kappa shape index (κ3) is 2.54. The molecule has 0 aliphatic heterocycles. The van der Waals surface area contributed by atoms with Crippen LogP contribution < -0.4 is 5.32 Å². The molecule has 94 valence electrons. The molecule has 6 heteroatoms. The number of nitrogens with one attached hydrogen (secondary N) is 2. The molecule has 2 aromatic rings. The van der Waals surface area contributed by atoms with Gasteiger partial charge in [-0.15, -0.1) is 0 Å². The molecule has 1 aromatic heterocycles. The Hall–Kier alpha value is -2.21. The van der Waals surface area contributed by atoms with E-state index in [0.29, 0.717) is 10.9 Å². The number of aromatic amines is 1. The standard InChI is InChI=1S/C12H14N4O2/c1-13-5-3-2-4-9-6-11-10(8-14-15-11)12(7-9)16(17)18/h2,4,6-8,13H,3,5H2,1H3,(H,14,15). The molecule has 0 radical (unpaired) electrons. The second-order valence-electron chi connectivity index (χ2n) is 3.92. The number of nitro benzene ring substituents is 1. The van der Waals surface area contributed by atoms with Crippen LogP contribution in [0.15, 0.2) is 24.4 Å². The van der Waals surface area contributed by atoms with Gasteiger partial charge in [-0.1, -0.05) is 12.2 Å². The Kier molecular flexibility index (Phi) is 3.69. The van der Waals surface area contributed by atoms with Crippen LogP contribution in [0.25, 0.3) is 17.0 Å². The molecule has 1 aromatic carbocycles. The summed E-state index contributed by atoms with van der Waals surface area (Å²) >= 11 is 0. The van der Waals surface area contributed by atoms with E-state index < -0.39 is 0 Å². The monoisotopic (exact) mass is 246 g/mol. The zero-order chi connectivity index (χ0) is 13.0. The molecule has 0 aliphatic rings. The van der Waals surface area contributed by atoms with Gasteiger partial charge in [0.1, 0.15) is 0 Å². The van der Waals surface area contributed by atoms with Crippen molar-refractivity contribution in [2.24, 2.45) is 0 Å². The highest BCUT2D eigenvalue weighted by Crippen LogP contribution is 2.26. The maximum atomic E-state index is 11.0. The summed E-state index contributed by atoms with van der Waals surface area (Å²) in [4.78, 5) is 10.6. The molecule has 18 heavy (non-hydrogen) atoms. The Morgan fingerprint density at radius 2 is 2.39 bits per heavy atom. The number of hydrogen-bond acceptors (Lipinski definition) is 4. The molecule has 0 spiro atoms. The third-order valence-electron chi connectivity index (χ3n) is 2.63. The number of benzene rings is 1. The van der Waals surface area contributed by atoms with Crippen LogP contribution in [0, 0.1) is 10.1 Å². The van der Waals surface area contributed by atoms with Gasteiger partial charge in [-0.05, 0) is 31.6 Å². The second kappa shape index (κ2) is 5.42. The summed E-state index contributed by atoms with van der Waals surface area (Å²) in [5.74, 6) is 0. The number of hydrogen-bond donors (Lipinski definition) is 2. The van der Waals surface area contributed by atoms with Gasteiger partial charge in [0.15, 0.2) is 0 Å². The summed E-state index contributed by atoms with van der Waals surface area (Å²) in [6.45, 7) is 0.880. The number of non-ortho nitro benzene ring substituents is 1. The molecule has 2 N–H and O–H groups in total. The highest BCUT2D eigenvalue weighted by molar-refractivity contribution is 5.89. The minimum atomic E-state index is -0.386. The largest absolute Gasteiger partial charge is 0.319 e. The Labute approximate surface area is 104 Å². The lowest BCUT2D eigenvalue weighted by molar-refractivity contribution is -0.383. The van der Waals surface area contributed by atoms with Crippen LogP contribution in [0.1, 0.15) is 12.0 Å². The Balaban J connectivity index is 2.34. The van der Waals surface area contributed by atoms with Crippen LogP contribution in [-0.2, 0) is 0 Å². The van der Waals surface area contributed by atoms with Gasteiger partial charge >= 0.3 is 0 Å². The first-order valence-corrected chi connectivity index (χ1v) is 5.65. The molecule has 0 amide bonds. The van der Waals surface area contributed by atoms with Crippen molar-refractivity contribution in [3.05, 3.63) is 40.1 Å². The van der Waals surface area contributed by atoms with E-state index in [1.165, 1.54) is 6.20 Å². The van der Waals surface area contributed by atoms with E-state index in [9.17, 15) is 10.1 Å². The van der Waals surface area contributed by atoms with Crippen molar-refractivity contribution in [2.45, 2.75) is 6.42 Å². The number of nitro groups is 1. The van der Waals surface area contributed by atoms with Crippen LogP contribution >= 0.6 is 0 Å². The molecule has 1 heterocycles. The first-order valence-electron chi connectivity index (χ1n) is 5.65. The van der Waals surface area contributed by atoms with Gasteiger partial charge in [-0.25, -0.2) is 0 Å². The van der Waals surface area contributed by atoms with E-state index in [1.807, 2.05) is 25.3 Å². The molecule has 0 unspecified atom stereocenters. The van der Waals surface area contributed by atoms with Crippen molar-refractivity contribution >= 4 is 22.7 Å². The molecule has 0 bridgehead atoms. The van der Waals surface area contributed by atoms with Crippen LogP contribution in [-0.4, -0.2) is 28.7 Å². The van der Waals surface area contributed by atoms with Gasteiger partial charge < -0.3 is 5.32 Å². The lowest BCUT2D eigenvalue weighted by Gasteiger charge is -1.97. The van der Waals surface area contributed by atoms with E-state index in [0.717, 1.165) is 18.5 Å². The Morgan fingerprint density at radius 3 is 3.11 bits per heavy atom. The SMILES string of the molecule is CNCCC=Cc1cc([N+](=O)[O-])c2cn[nH]c2c1. The zero-order valence-corrected chi connectivity index (χ0v) is 10.0. The smallest absolute Gasteiger partial charge is 0.280 e. The molecule has 0 saturated carbocycles. The minimum Gasteiger partial charge on any atom is -0.319 e. The number of fused-ring (bicyclic) bond motifs is 1. The van der Waals surface area contributed by atoms with E-state index in [2.05, 4.69) is 15.5 Å². The van der Waals surface area contributed by atoms with Crippen LogP contribution in [0.2, 0.25) is 0 Å². The maximum Gasteiger partial charge on any atom is 0.280 e. The summed E-state index contributed by atoms with van der Waals surface area (Å²) in [6, 6.07) is 3.42. The van der Waals surface area contributed by atoms with Crippen molar-refractivity contribution in [2.75, 3.05) is 13.6 Å². The Morgan fingerprint density at radius 1 is 1.56 bits per heavy atom. The fraction of sp³-hybridized carbons (Fsp3) is 0.250. The van der Waals surface area contributed by atoms with Crippen molar-refractivity contribution in [1.82, 2.24) is 15.5 Å². The molecular weight excluding hydrogens is 232 g/mol. The first kappa shape index (κ1) is 12.3. The summed E-state index contributed by atoms with van der Waals surface area (Å²) < 4.78 is 0. The van der Waals surface area contributed by atoms with Gasteiger partial charge in [0.25, 0.3) is 5.69 Å². The van der Waals surface area contributed by atoms with Gasteiger partial charge in [0.2, 0.25) is 0 Å². The van der Waals surface area contributed by atoms with Gasteiger partial charge in [0.05, 0.1) is 22.0 Å². The zero-order valence-electron chi connectivity index (χ0n) is 10.0. The van der Waals surface area contributed by atoms with E-state index in [-0.39, 0.29) is 10.6 Å². The predicted octanol–water partition coefficient (Wildman–Crippen LogP) is 2.09. The molecule has 0 atom stereocenters. The summed E-state index contributed by atoms with van der Waals surface area (Å²) in [5.41, 5.74) is 1.56. The van der Waals surface area contributed by atoms with E-state index >= 15 is 0 Å². The third-order valence-corrected chi connectivity index (χ3v) is 2.63. The molecule has 6 nitrogen and oxygen atoms in total. The van der Waals surface area contributed by atoms with Gasteiger partial charge in [-0.3, -0.25) is 15.2 Å². The number of H-pyrrole nitrogens is 1. The fourth-order valence-corrected chi connectivity index (χ4v) is 1.75. The normalized spacial score (nSPS) is 11.4. The molecule has 2 rings (SSSR count). The molecule has 0 fully saturated rings. The quantitative estimate of drug-likeness (QED) is 0.480. The highest BCUT2D eigenvalue weighted by Gasteiger charge is 2.14.